The van der Waals surface area contributed by atoms with Gasteiger partial charge in [0.05, 0.1) is 16.4 Å². The molecule has 4 rings (SSSR count). The number of nitrogens with zero attached hydrogens (tertiary/aromatic N) is 2. The third kappa shape index (κ3) is 4.38. The van der Waals surface area contributed by atoms with Gasteiger partial charge in [0.25, 0.3) is 5.91 Å². The first-order chi connectivity index (χ1) is 14.8. The van der Waals surface area contributed by atoms with Crippen LogP contribution in [0.25, 0.3) is 0 Å². The van der Waals surface area contributed by atoms with E-state index in [-0.39, 0.29) is 17.3 Å². The van der Waals surface area contributed by atoms with Crippen LogP contribution in [0.15, 0.2) is 35.2 Å². The summed E-state index contributed by atoms with van der Waals surface area (Å²) in [4.78, 5) is 28.6. The van der Waals surface area contributed by atoms with Gasteiger partial charge < -0.3 is 16.0 Å². The summed E-state index contributed by atoms with van der Waals surface area (Å²) < 4.78 is 27.3. The first-order valence-corrected chi connectivity index (χ1v) is 12.5. The minimum absolute atomic E-state index is 0.114. The van der Waals surface area contributed by atoms with Gasteiger partial charge in [0.2, 0.25) is 15.9 Å². The number of carbonyl (C=O) groups excluding carboxylic acids is 2. The lowest BCUT2D eigenvalue weighted by molar-refractivity contribution is -0.120. The summed E-state index contributed by atoms with van der Waals surface area (Å²) in [7, 11) is -1.65. The number of hydrogen-bond donors (Lipinski definition) is 2. The van der Waals surface area contributed by atoms with Crippen LogP contribution in [-0.2, 0) is 27.8 Å². The van der Waals surface area contributed by atoms with Gasteiger partial charge in [-0.25, -0.2) is 8.42 Å². The maximum absolute atomic E-state index is 13.0. The van der Waals surface area contributed by atoms with Crippen molar-refractivity contribution in [2.24, 2.45) is 11.7 Å². The van der Waals surface area contributed by atoms with Crippen LogP contribution >= 0.6 is 11.3 Å². The number of nitrogens with one attached hydrogen (secondary N) is 1. The van der Waals surface area contributed by atoms with Gasteiger partial charge in [0.15, 0.2) is 0 Å². The summed E-state index contributed by atoms with van der Waals surface area (Å²) in [5.41, 5.74) is 6.94. The van der Waals surface area contributed by atoms with E-state index in [4.69, 9.17) is 5.73 Å². The van der Waals surface area contributed by atoms with E-state index in [1.54, 1.807) is 30.3 Å². The van der Waals surface area contributed by atoms with E-state index in [0.29, 0.717) is 42.9 Å². The van der Waals surface area contributed by atoms with Crippen LogP contribution in [0.1, 0.15) is 33.6 Å². The number of fused-ring (bicyclic) bond motifs is 1. The second-order valence-corrected chi connectivity index (χ2v) is 11.1. The van der Waals surface area contributed by atoms with Gasteiger partial charge in [0.1, 0.15) is 5.00 Å². The van der Waals surface area contributed by atoms with Crippen molar-refractivity contribution in [3.05, 3.63) is 46.3 Å². The monoisotopic (exact) mass is 462 g/mol. The van der Waals surface area contributed by atoms with E-state index < -0.39 is 21.8 Å². The molecule has 3 heterocycles. The predicted molar refractivity (Wildman–Crippen MR) is 119 cm³/mol. The summed E-state index contributed by atoms with van der Waals surface area (Å²) in [6, 6.07) is 8.25. The van der Waals surface area contributed by atoms with Crippen LogP contribution in [0.3, 0.4) is 0 Å². The summed E-state index contributed by atoms with van der Waals surface area (Å²) in [6.07, 6.45) is 1.90. The average molecular weight is 463 g/mol. The molecule has 3 N–H and O–H groups in total. The third-order valence-electron chi connectivity index (χ3n) is 5.87. The summed E-state index contributed by atoms with van der Waals surface area (Å²) in [6.45, 7) is 2.03. The van der Waals surface area contributed by atoms with Gasteiger partial charge in [-0.3, -0.25) is 9.59 Å². The Kier molecular flexibility index (Phi) is 6.16. The maximum Gasteiger partial charge on any atom is 0.251 e. The van der Waals surface area contributed by atoms with Gasteiger partial charge in [0, 0.05) is 31.1 Å². The zero-order chi connectivity index (χ0) is 22.2. The maximum atomic E-state index is 13.0. The lowest BCUT2D eigenvalue weighted by atomic mass is 9.98. The highest BCUT2D eigenvalue weighted by Gasteiger charge is 2.34. The Morgan fingerprint density at radius 2 is 1.94 bits per heavy atom. The van der Waals surface area contributed by atoms with Crippen LogP contribution in [0, 0.1) is 5.92 Å². The molecule has 1 unspecified atom stereocenters. The normalized spacial score (nSPS) is 20.2. The highest BCUT2D eigenvalue weighted by Crippen LogP contribution is 2.37. The van der Waals surface area contributed by atoms with E-state index in [0.717, 1.165) is 17.0 Å². The number of carbonyl (C=O) groups is 2. The van der Waals surface area contributed by atoms with Crippen molar-refractivity contribution < 1.29 is 18.0 Å². The zero-order valence-electron chi connectivity index (χ0n) is 17.3. The van der Waals surface area contributed by atoms with Crippen LogP contribution in [0.5, 0.6) is 0 Å². The van der Waals surface area contributed by atoms with E-state index in [1.807, 2.05) is 7.05 Å². The molecule has 2 amide bonds. The number of benzene rings is 1. The number of thiophene rings is 1. The fourth-order valence-electron chi connectivity index (χ4n) is 4.21. The molecular formula is C21H26N4O4S2. The van der Waals surface area contributed by atoms with Crippen LogP contribution < -0.4 is 11.1 Å². The number of likely N-dealkylation sites (N-methyl/N-ethyl adjacent to an activating group) is 1. The molecule has 0 spiro atoms. The molecule has 0 aliphatic carbocycles. The van der Waals surface area contributed by atoms with E-state index >= 15 is 0 Å². The van der Waals surface area contributed by atoms with Gasteiger partial charge in [-0.05, 0) is 44.0 Å². The van der Waals surface area contributed by atoms with Crippen molar-refractivity contribution in [2.75, 3.05) is 32.0 Å². The Morgan fingerprint density at radius 3 is 2.65 bits per heavy atom. The third-order valence-corrected chi connectivity index (χ3v) is 8.88. The van der Waals surface area contributed by atoms with E-state index in [9.17, 15) is 18.0 Å². The summed E-state index contributed by atoms with van der Waals surface area (Å²) in [5.74, 6) is -1.31. The molecule has 1 saturated heterocycles. The second kappa shape index (κ2) is 8.70. The number of hydrogen-bond acceptors (Lipinski definition) is 6. The largest absolute Gasteiger partial charge is 0.365 e. The molecule has 0 bridgehead atoms. The van der Waals surface area contributed by atoms with Gasteiger partial charge in [-0.15, -0.1) is 11.3 Å². The predicted octanol–water partition coefficient (Wildman–Crippen LogP) is 1.87. The highest BCUT2D eigenvalue weighted by atomic mass is 32.2. The van der Waals surface area contributed by atoms with Crippen molar-refractivity contribution >= 4 is 38.2 Å². The molecule has 1 aromatic carbocycles. The first kappa shape index (κ1) is 21.9. The van der Waals surface area contributed by atoms with Crippen molar-refractivity contribution in [1.29, 1.82) is 0 Å². The Bertz CT molecular complexity index is 1100. The number of amides is 2. The number of piperidine rings is 1. The van der Waals surface area contributed by atoms with E-state index in [1.165, 1.54) is 15.6 Å². The summed E-state index contributed by atoms with van der Waals surface area (Å²) >= 11 is 1.38. The lowest BCUT2D eigenvalue weighted by Crippen LogP contribution is -2.43. The number of rotatable bonds is 5. The number of anilines is 1. The minimum Gasteiger partial charge on any atom is -0.365 e. The van der Waals surface area contributed by atoms with Crippen LogP contribution in [0.4, 0.5) is 5.00 Å². The van der Waals surface area contributed by atoms with Crippen molar-refractivity contribution in [1.82, 2.24) is 9.21 Å². The molecule has 2 aliphatic heterocycles. The van der Waals surface area contributed by atoms with Gasteiger partial charge >= 0.3 is 0 Å². The molecule has 8 nitrogen and oxygen atoms in total. The lowest BCUT2D eigenvalue weighted by Gasteiger charge is -2.31. The molecule has 1 fully saturated rings. The molecule has 0 saturated carbocycles. The average Bonchev–Trinajstić information content (AvgIpc) is 3.11. The molecule has 2 aromatic rings. The van der Waals surface area contributed by atoms with Crippen molar-refractivity contribution in [2.45, 2.75) is 30.7 Å². The fraction of sp³-hybridized carbons (Fsp3) is 0.429. The van der Waals surface area contributed by atoms with Gasteiger partial charge in [-0.2, -0.15) is 4.31 Å². The topological polar surface area (TPSA) is 113 Å². The zero-order valence-corrected chi connectivity index (χ0v) is 19.0. The van der Waals surface area contributed by atoms with Crippen LogP contribution in [-0.4, -0.2) is 56.1 Å². The van der Waals surface area contributed by atoms with Gasteiger partial charge in [-0.1, -0.05) is 18.2 Å². The molecule has 0 radical (unpaired) electrons. The quantitative estimate of drug-likeness (QED) is 0.704. The molecule has 1 aromatic heterocycles. The first-order valence-electron chi connectivity index (χ1n) is 10.3. The second-order valence-electron chi connectivity index (χ2n) is 8.06. The number of nitrogens with two attached hydrogens (primary N) is 1. The standard InChI is InChI=1S/C21H26N4O4S2/c1-24-11-9-16-17(13-24)30-21(18(16)19(22)26)23-20(27)14-6-5-10-25(12-14)31(28,29)15-7-3-2-4-8-15/h2-4,7-8,14H,5-6,9-13H2,1H3,(H2,22,26)(H,23,27). The molecule has 31 heavy (non-hydrogen) atoms. The SMILES string of the molecule is CN1CCc2c(sc(NC(=O)C3CCCN(S(=O)(=O)c4ccccc4)C3)c2C(N)=O)C1. The molecule has 10 heteroatoms. The van der Waals surface area contributed by atoms with Crippen LogP contribution in [0.2, 0.25) is 0 Å². The minimum atomic E-state index is -3.66. The molecular weight excluding hydrogens is 436 g/mol. The molecule has 1 atom stereocenters. The Morgan fingerprint density at radius 1 is 1.19 bits per heavy atom. The highest BCUT2D eigenvalue weighted by molar-refractivity contribution is 7.89. The fourth-order valence-corrected chi connectivity index (χ4v) is 7.09. The summed E-state index contributed by atoms with van der Waals surface area (Å²) in [5, 5.41) is 3.36. The molecule has 166 valence electrons. The Labute approximate surface area is 186 Å². The van der Waals surface area contributed by atoms with Crippen molar-refractivity contribution in [3.63, 3.8) is 0 Å². The smallest absolute Gasteiger partial charge is 0.251 e. The number of sulfonamides is 1. The molecule has 2 aliphatic rings. The number of primary amides is 1. The van der Waals surface area contributed by atoms with Crippen molar-refractivity contribution in [3.8, 4) is 0 Å². The van der Waals surface area contributed by atoms with E-state index in [2.05, 4.69) is 10.2 Å². The Balaban J connectivity index is 1.52. The Hall–Kier alpha value is -2.27.